The third kappa shape index (κ3) is 5.69. The van der Waals surface area contributed by atoms with Gasteiger partial charge in [0.1, 0.15) is 5.82 Å². The summed E-state index contributed by atoms with van der Waals surface area (Å²) < 4.78 is 0. The topological polar surface area (TPSA) is 70.7 Å². The van der Waals surface area contributed by atoms with E-state index in [1.807, 2.05) is 19.1 Å². The molecule has 1 amide bonds. The number of aromatic nitrogens is 3. The van der Waals surface area contributed by atoms with Crippen molar-refractivity contribution in [2.24, 2.45) is 0 Å². The van der Waals surface area contributed by atoms with E-state index >= 15 is 0 Å². The van der Waals surface area contributed by atoms with Gasteiger partial charge in [0.2, 0.25) is 11.1 Å². The molecule has 1 aromatic heterocycles. The molecule has 0 saturated heterocycles. The summed E-state index contributed by atoms with van der Waals surface area (Å²) in [6, 6.07) is 20.9. The van der Waals surface area contributed by atoms with E-state index in [2.05, 4.69) is 69.0 Å². The van der Waals surface area contributed by atoms with Crippen LogP contribution in [0.2, 0.25) is 0 Å². The Morgan fingerprint density at radius 1 is 1.07 bits per heavy atom. The first-order valence-electron chi connectivity index (χ1n) is 9.17. The minimum Gasteiger partial charge on any atom is -0.355 e. The quantitative estimate of drug-likeness (QED) is 0.554. The van der Waals surface area contributed by atoms with E-state index in [0.29, 0.717) is 17.5 Å². The van der Waals surface area contributed by atoms with Gasteiger partial charge < -0.3 is 5.32 Å². The Morgan fingerprint density at radius 2 is 1.70 bits per heavy atom. The fourth-order valence-electron chi connectivity index (χ4n) is 2.93. The molecule has 0 atom stereocenters. The van der Waals surface area contributed by atoms with E-state index in [-0.39, 0.29) is 11.8 Å². The highest BCUT2D eigenvalue weighted by Crippen LogP contribution is 2.27. The molecule has 1 heterocycles. The van der Waals surface area contributed by atoms with Crippen LogP contribution in [0.1, 0.15) is 36.2 Å². The fraction of sp³-hybridized carbons (Fsp3) is 0.286. The maximum atomic E-state index is 12.1. The number of hydrogen-bond donors (Lipinski definition) is 2. The number of H-pyrrole nitrogens is 1. The minimum atomic E-state index is 0.00252. The molecule has 2 aromatic carbocycles. The Labute approximate surface area is 164 Å². The van der Waals surface area contributed by atoms with Gasteiger partial charge in [0.25, 0.3) is 0 Å². The summed E-state index contributed by atoms with van der Waals surface area (Å²) in [5, 5.41) is 10.6. The number of amides is 1. The molecule has 0 spiro atoms. The molecule has 3 rings (SSSR count). The standard InChI is InChI=1S/C21H24N4OS/c1-2-19-23-21(25-24-19)27-15-20(26)22-14-13-18(16-9-5-3-6-10-16)17-11-7-4-8-12-17/h3-12,18H,2,13-15H2,1H3,(H,22,26)(H,23,24,25). The fourth-order valence-corrected chi connectivity index (χ4v) is 3.58. The molecule has 0 fully saturated rings. The SMILES string of the molecule is CCc1nc(SCC(=O)NCCC(c2ccccc2)c2ccccc2)n[nH]1. The van der Waals surface area contributed by atoms with Crippen molar-refractivity contribution in [3.8, 4) is 0 Å². The van der Waals surface area contributed by atoms with Crippen molar-refractivity contribution in [3.05, 3.63) is 77.6 Å². The van der Waals surface area contributed by atoms with Crippen LogP contribution in [0.5, 0.6) is 0 Å². The molecule has 0 saturated carbocycles. The van der Waals surface area contributed by atoms with Crippen LogP contribution in [0.3, 0.4) is 0 Å². The van der Waals surface area contributed by atoms with E-state index in [4.69, 9.17) is 0 Å². The molecule has 3 aromatic rings. The normalized spacial score (nSPS) is 10.9. The second-order valence-electron chi connectivity index (χ2n) is 6.22. The maximum Gasteiger partial charge on any atom is 0.230 e. The third-order valence-corrected chi connectivity index (χ3v) is 5.18. The lowest BCUT2D eigenvalue weighted by Gasteiger charge is -2.18. The molecule has 5 nitrogen and oxygen atoms in total. The highest BCUT2D eigenvalue weighted by molar-refractivity contribution is 7.99. The first-order chi connectivity index (χ1) is 13.3. The van der Waals surface area contributed by atoms with E-state index in [0.717, 1.165) is 18.7 Å². The van der Waals surface area contributed by atoms with Crippen molar-refractivity contribution in [1.82, 2.24) is 20.5 Å². The zero-order valence-corrected chi connectivity index (χ0v) is 16.2. The van der Waals surface area contributed by atoms with Crippen LogP contribution in [0.25, 0.3) is 0 Å². The molecule has 2 N–H and O–H groups in total. The highest BCUT2D eigenvalue weighted by Gasteiger charge is 2.14. The Kier molecular flexibility index (Phi) is 7.04. The van der Waals surface area contributed by atoms with Crippen molar-refractivity contribution < 1.29 is 4.79 Å². The maximum absolute atomic E-state index is 12.1. The number of nitrogens with one attached hydrogen (secondary N) is 2. The monoisotopic (exact) mass is 380 g/mol. The van der Waals surface area contributed by atoms with Crippen molar-refractivity contribution in [2.45, 2.75) is 30.8 Å². The van der Waals surface area contributed by atoms with E-state index in [1.54, 1.807) is 0 Å². The van der Waals surface area contributed by atoms with Crippen LogP contribution in [-0.2, 0) is 11.2 Å². The molecule has 0 aliphatic carbocycles. The molecule has 0 aliphatic rings. The molecule has 0 aliphatic heterocycles. The summed E-state index contributed by atoms with van der Waals surface area (Å²) in [6.07, 6.45) is 1.66. The molecule has 0 radical (unpaired) electrons. The number of carbonyl (C=O) groups excluding carboxylic acids is 1. The van der Waals surface area contributed by atoms with Gasteiger partial charge >= 0.3 is 0 Å². The number of benzene rings is 2. The predicted molar refractivity (Wildman–Crippen MR) is 109 cm³/mol. The summed E-state index contributed by atoms with van der Waals surface area (Å²) in [7, 11) is 0. The van der Waals surface area contributed by atoms with Gasteiger partial charge in [-0.3, -0.25) is 9.89 Å². The average Bonchev–Trinajstić information content (AvgIpc) is 3.19. The van der Waals surface area contributed by atoms with Gasteiger partial charge in [0.15, 0.2) is 0 Å². The van der Waals surface area contributed by atoms with Gasteiger partial charge in [-0.1, -0.05) is 79.3 Å². The van der Waals surface area contributed by atoms with Gasteiger partial charge in [-0.05, 0) is 17.5 Å². The summed E-state index contributed by atoms with van der Waals surface area (Å²) in [5.74, 6) is 1.43. The van der Waals surface area contributed by atoms with Crippen LogP contribution in [-0.4, -0.2) is 33.4 Å². The van der Waals surface area contributed by atoms with Crippen LogP contribution in [0.15, 0.2) is 65.8 Å². The minimum absolute atomic E-state index is 0.00252. The van der Waals surface area contributed by atoms with Crippen molar-refractivity contribution in [1.29, 1.82) is 0 Å². The van der Waals surface area contributed by atoms with Crippen molar-refractivity contribution in [2.75, 3.05) is 12.3 Å². The van der Waals surface area contributed by atoms with Gasteiger partial charge in [-0.2, -0.15) is 0 Å². The number of thioether (sulfide) groups is 1. The molecule has 27 heavy (non-hydrogen) atoms. The summed E-state index contributed by atoms with van der Waals surface area (Å²) in [6.45, 7) is 2.64. The smallest absolute Gasteiger partial charge is 0.230 e. The number of nitrogens with zero attached hydrogens (tertiary/aromatic N) is 2. The number of hydrogen-bond acceptors (Lipinski definition) is 4. The Bertz CT molecular complexity index is 796. The van der Waals surface area contributed by atoms with E-state index in [1.165, 1.54) is 22.9 Å². The molecular weight excluding hydrogens is 356 g/mol. The number of aromatic amines is 1. The highest BCUT2D eigenvalue weighted by atomic mass is 32.2. The van der Waals surface area contributed by atoms with Crippen LogP contribution in [0, 0.1) is 0 Å². The Hall–Kier alpha value is -2.60. The molecule has 140 valence electrons. The third-order valence-electron chi connectivity index (χ3n) is 4.34. The molecular formula is C21H24N4OS. The predicted octanol–water partition coefficient (Wildman–Crippen LogP) is 3.80. The lowest BCUT2D eigenvalue weighted by molar-refractivity contribution is -0.118. The van der Waals surface area contributed by atoms with Gasteiger partial charge in [0.05, 0.1) is 5.75 Å². The lowest BCUT2D eigenvalue weighted by atomic mass is 9.88. The second kappa shape index (κ2) is 9.92. The summed E-state index contributed by atoms with van der Waals surface area (Å²) >= 11 is 1.35. The molecule has 6 heteroatoms. The largest absolute Gasteiger partial charge is 0.355 e. The summed E-state index contributed by atoms with van der Waals surface area (Å²) in [4.78, 5) is 16.5. The first-order valence-corrected chi connectivity index (χ1v) is 10.2. The van der Waals surface area contributed by atoms with Crippen molar-refractivity contribution >= 4 is 17.7 Å². The molecule has 0 unspecified atom stereocenters. The lowest BCUT2D eigenvalue weighted by Crippen LogP contribution is -2.27. The zero-order chi connectivity index (χ0) is 18.9. The number of carbonyl (C=O) groups is 1. The Balaban J connectivity index is 1.52. The van der Waals surface area contributed by atoms with Crippen LogP contribution >= 0.6 is 11.8 Å². The van der Waals surface area contributed by atoms with E-state index < -0.39 is 0 Å². The van der Waals surface area contributed by atoms with Gasteiger partial charge in [-0.25, -0.2) is 4.98 Å². The Morgan fingerprint density at radius 3 is 2.26 bits per heavy atom. The second-order valence-corrected chi connectivity index (χ2v) is 7.16. The molecule has 0 bridgehead atoms. The van der Waals surface area contributed by atoms with E-state index in [9.17, 15) is 4.79 Å². The first kappa shape index (κ1) is 19.2. The number of rotatable bonds is 9. The zero-order valence-electron chi connectivity index (χ0n) is 15.4. The average molecular weight is 381 g/mol. The number of aryl methyl sites for hydroxylation is 1. The van der Waals surface area contributed by atoms with Gasteiger partial charge in [-0.15, -0.1) is 5.10 Å². The summed E-state index contributed by atoms with van der Waals surface area (Å²) in [5.41, 5.74) is 2.53. The van der Waals surface area contributed by atoms with Crippen LogP contribution in [0.4, 0.5) is 0 Å². The van der Waals surface area contributed by atoms with Crippen molar-refractivity contribution in [3.63, 3.8) is 0 Å². The van der Waals surface area contributed by atoms with Crippen LogP contribution < -0.4 is 5.32 Å². The van der Waals surface area contributed by atoms with Gasteiger partial charge in [0, 0.05) is 18.9 Å².